The molecule has 1 aromatic heterocycles. The Bertz CT molecular complexity index is 1100. The highest BCUT2D eigenvalue weighted by atomic mass is 16.5. The van der Waals surface area contributed by atoms with Gasteiger partial charge in [0.25, 0.3) is 0 Å². The van der Waals surface area contributed by atoms with Crippen molar-refractivity contribution in [2.75, 3.05) is 0 Å². The summed E-state index contributed by atoms with van der Waals surface area (Å²) in [5.74, 6) is 0.0701. The molecule has 4 aromatic rings. The maximum Gasteiger partial charge on any atom is 0.338 e. The van der Waals surface area contributed by atoms with Gasteiger partial charge in [-0.15, -0.1) is 0 Å². The Kier molecular flexibility index (Phi) is 3.62. The summed E-state index contributed by atoms with van der Waals surface area (Å²) in [5, 5.41) is 2.19. The first-order valence-corrected chi connectivity index (χ1v) is 8.02. The van der Waals surface area contributed by atoms with E-state index in [2.05, 4.69) is 18.7 Å². The van der Waals surface area contributed by atoms with Crippen LogP contribution in [0.25, 0.3) is 33.1 Å². The minimum absolute atomic E-state index is 0.371. The molecule has 0 bridgehead atoms. The van der Waals surface area contributed by atoms with Gasteiger partial charge in [0.05, 0.1) is 0 Å². The van der Waals surface area contributed by atoms with E-state index in [0.717, 1.165) is 33.1 Å². The molecule has 0 atom stereocenters. The zero-order valence-electron chi connectivity index (χ0n) is 13.8. The number of fused-ring (bicyclic) bond motifs is 3. The molecule has 0 aliphatic rings. The highest BCUT2D eigenvalue weighted by Gasteiger charge is 2.12. The number of hydrogen-bond acceptors (Lipinski definition) is 3. The maximum absolute atomic E-state index is 11.6. The lowest BCUT2D eigenvalue weighted by Crippen LogP contribution is -2.07. The second-order valence-corrected chi connectivity index (χ2v) is 5.97. The van der Waals surface area contributed by atoms with E-state index in [-0.39, 0.29) is 0 Å². The van der Waals surface area contributed by atoms with Crippen LogP contribution < -0.4 is 4.74 Å². The average molecular weight is 328 g/mol. The summed E-state index contributed by atoms with van der Waals surface area (Å²) in [6, 6.07) is 21.5. The lowest BCUT2D eigenvalue weighted by atomic mass is 10.0. The van der Waals surface area contributed by atoms with E-state index in [4.69, 9.17) is 9.15 Å². The van der Waals surface area contributed by atoms with Gasteiger partial charge in [-0.05, 0) is 30.7 Å². The molecule has 0 aliphatic heterocycles. The van der Waals surface area contributed by atoms with Gasteiger partial charge in [0.1, 0.15) is 16.9 Å². The van der Waals surface area contributed by atoms with E-state index < -0.39 is 5.97 Å². The minimum atomic E-state index is -0.424. The van der Waals surface area contributed by atoms with Crippen LogP contribution in [0.3, 0.4) is 0 Å². The Labute approximate surface area is 145 Å². The average Bonchev–Trinajstić information content (AvgIpc) is 3.01. The maximum atomic E-state index is 11.6. The van der Waals surface area contributed by atoms with Gasteiger partial charge in [-0.3, -0.25) is 0 Å². The van der Waals surface area contributed by atoms with Crippen LogP contribution in [0.2, 0.25) is 0 Å². The molecule has 3 nitrogen and oxygen atoms in total. The van der Waals surface area contributed by atoms with E-state index in [1.54, 1.807) is 19.1 Å². The molecule has 0 N–H and O–H groups in total. The van der Waals surface area contributed by atoms with Gasteiger partial charge in [0.2, 0.25) is 0 Å². The van der Waals surface area contributed by atoms with E-state index in [0.29, 0.717) is 11.3 Å². The van der Waals surface area contributed by atoms with Gasteiger partial charge in [-0.1, -0.05) is 55.1 Å². The fourth-order valence-electron chi connectivity index (χ4n) is 2.87. The highest BCUT2D eigenvalue weighted by Crippen LogP contribution is 2.35. The van der Waals surface area contributed by atoms with Crippen molar-refractivity contribution in [2.24, 2.45) is 0 Å². The molecule has 1 heterocycles. The lowest BCUT2D eigenvalue weighted by molar-refractivity contribution is -0.130. The molecule has 3 heteroatoms. The molecular weight excluding hydrogens is 312 g/mol. The third-order valence-corrected chi connectivity index (χ3v) is 4.13. The van der Waals surface area contributed by atoms with Gasteiger partial charge in [0.15, 0.2) is 0 Å². The van der Waals surface area contributed by atoms with Gasteiger partial charge in [-0.2, -0.15) is 0 Å². The van der Waals surface area contributed by atoms with E-state index in [1.807, 2.05) is 42.5 Å². The molecule has 0 amide bonds. The second-order valence-electron chi connectivity index (χ2n) is 5.97. The first-order valence-electron chi connectivity index (χ1n) is 8.02. The van der Waals surface area contributed by atoms with Crippen molar-refractivity contribution in [3.63, 3.8) is 0 Å². The number of carbonyl (C=O) groups is 1. The normalized spacial score (nSPS) is 10.9. The summed E-state index contributed by atoms with van der Waals surface area (Å²) < 4.78 is 11.3. The van der Waals surface area contributed by atoms with Crippen LogP contribution in [0.1, 0.15) is 6.92 Å². The fraction of sp³-hybridized carbons (Fsp3) is 0.0455. The molecule has 0 unspecified atom stereocenters. The predicted molar refractivity (Wildman–Crippen MR) is 99.6 cm³/mol. The van der Waals surface area contributed by atoms with Crippen molar-refractivity contribution in [3.8, 4) is 16.9 Å². The molecular formula is C22H16O3. The number of ether oxygens (including phenoxy) is 1. The quantitative estimate of drug-likeness (QED) is 0.274. The van der Waals surface area contributed by atoms with Crippen molar-refractivity contribution < 1.29 is 13.9 Å². The Morgan fingerprint density at radius 3 is 2.40 bits per heavy atom. The van der Waals surface area contributed by atoms with Crippen LogP contribution in [0.5, 0.6) is 5.75 Å². The third-order valence-electron chi connectivity index (χ3n) is 4.13. The summed E-state index contributed by atoms with van der Waals surface area (Å²) in [6.07, 6.45) is 0. The standard InChI is InChI=1S/C22H16O3/c1-14(2)22(23)24-16-12-10-15(11-13-16)17-7-5-8-19-18-6-3-4-9-20(18)25-21(17)19/h3-13H,1H2,2H3. The number of carbonyl (C=O) groups excluding carboxylic acids is 1. The number of rotatable bonds is 3. The number of benzene rings is 3. The summed E-state index contributed by atoms with van der Waals surface area (Å²) in [5.41, 5.74) is 4.11. The van der Waals surface area contributed by atoms with Crippen LogP contribution in [0.15, 0.2) is 83.3 Å². The molecule has 25 heavy (non-hydrogen) atoms. The Morgan fingerprint density at radius 2 is 1.64 bits per heavy atom. The van der Waals surface area contributed by atoms with Crippen molar-refractivity contribution >= 4 is 27.9 Å². The molecule has 4 rings (SSSR count). The number of furan rings is 1. The first kappa shape index (κ1) is 15.2. The molecule has 0 aliphatic carbocycles. The minimum Gasteiger partial charge on any atom is -0.455 e. The van der Waals surface area contributed by atoms with Crippen LogP contribution in [-0.2, 0) is 4.79 Å². The van der Waals surface area contributed by atoms with E-state index >= 15 is 0 Å². The van der Waals surface area contributed by atoms with Crippen molar-refractivity contribution in [2.45, 2.75) is 6.92 Å². The third kappa shape index (κ3) is 2.70. The van der Waals surface area contributed by atoms with Crippen molar-refractivity contribution in [1.82, 2.24) is 0 Å². The Balaban J connectivity index is 1.77. The van der Waals surface area contributed by atoms with E-state index in [9.17, 15) is 4.79 Å². The zero-order valence-corrected chi connectivity index (χ0v) is 13.8. The summed E-state index contributed by atoms with van der Waals surface area (Å²) in [4.78, 5) is 11.6. The van der Waals surface area contributed by atoms with Crippen LogP contribution in [-0.4, -0.2) is 5.97 Å². The SMILES string of the molecule is C=C(C)C(=O)Oc1ccc(-c2cccc3c2oc2ccccc23)cc1. The topological polar surface area (TPSA) is 39.4 Å². The van der Waals surface area contributed by atoms with Crippen molar-refractivity contribution in [3.05, 3.63) is 78.9 Å². The summed E-state index contributed by atoms with van der Waals surface area (Å²) >= 11 is 0. The molecule has 0 fully saturated rings. The van der Waals surface area contributed by atoms with Gasteiger partial charge in [-0.25, -0.2) is 4.79 Å². The second kappa shape index (κ2) is 5.95. The van der Waals surface area contributed by atoms with Gasteiger partial charge < -0.3 is 9.15 Å². The lowest BCUT2D eigenvalue weighted by Gasteiger charge is -2.06. The Morgan fingerprint density at radius 1 is 0.920 bits per heavy atom. The number of esters is 1. The fourth-order valence-corrected chi connectivity index (χ4v) is 2.87. The first-order chi connectivity index (χ1) is 12.1. The largest absolute Gasteiger partial charge is 0.455 e. The van der Waals surface area contributed by atoms with Gasteiger partial charge in [0, 0.05) is 21.9 Å². The molecule has 122 valence electrons. The molecule has 3 aromatic carbocycles. The molecule has 0 saturated heterocycles. The van der Waals surface area contributed by atoms with Gasteiger partial charge >= 0.3 is 5.97 Å². The zero-order chi connectivity index (χ0) is 17.4. The van der Waals surface area contributed by atoms with Crippen LogP contribution in [0, 0.1) is 0 Å². The van der Waals surface area contributed by atoms with Crippen LogP contribution in [0.4, 0.5) is 0 Å². The monoisotopic (exact) mass is 328 g/mol. The smallest absolute Gasteiger partial charge is 0.338 e. The summed E-state index contributed by atoms with van der Waals surface area (Å²) in [6.45, 7) is 5.21. The number of hydrogen-bond donors (Lipinski definition) is 0. The van der Waals surface area contributed by atoms with Crippen LogP contribution >= 0.6 is 0 Å². The Hall–Kier alpha value is -3.33. The highest BCUT2D eigenvalue weighted by molar-refractivity contribution is 6.09. The molecule has 0 radical (unpaired) electrons. The molecule has 0 spiro atoms. The van der Waals surface area contributed by atoms with Crippen molar-refractivity contribution in [1.29, 1.82) is 0 Å². The summed E-state index contributed by atoms with van der Waals surface area (Å²) in [7, 11) is 0. The molecule has 0 saturated carbocycles. The predicted octanol–water partition coefficient (Wildman–Crippen LogP) is 5.73. The van der Waals surface area contributed by atoms with E-state index in [1.165, 1.54) is 0 Å². The number of para-hydroxylation sites is 2.